The van der Waals surface area contributed by atoms with Crippen molar-refractivity contribution in [2.24, 2.45) is 5.92 Å². The van der Waals surface area contributed by atoms with Crippen LogP contribution in [0, 0.1) is 16.0 Å². The molecule has 21 heavy (non-hydrogen) atoms. The maximum absolute atomic E-state index is 10.5. The molecule has 1 aliphatic heterocycles. The van der Waals surface area contributed by atoms with E-state index in [0.29, 0.717) is 12.5 Å². The molecule has 0 aliphatic carbocycles. The summed E-state index contributed by atoms with van der Waals surface area (Å²) in [6.07, 6.45) is 3.12. The van der Waals surface area contributed by atoms with Gasteiger partial charge in [-0.05, 0) is 32.0 Å². The van der Waals surface area contributed by atoms with E-state index in [9.17, 15) is 15.2 Å². The molecule has 2 N–H and O–H groups in total. The summed E-state index contributed by atoms with van der Waals surface area (Å²) in [7, 11) is 0. The summed E-state index contributed by atoms with van der Waals surface area (Å²) in [5.41, 5.74) is -0.0548. The fourth-order valence-corrected chi connectivity index (χ4v) is 2.65. The third kappa shape index (κ3) is 4.76. The molecule has 1 aromatic heterocycles. The standard InChI is InChI=1S/C13H23N5O3/c1-2-16-4-3-11(8-16)5-14-7-13(19)10-17-9-12(6-15-17)18(20)21/h6,9,11,13-14,19H,2-5,7-8,10H2,1H3. The van der Waals surface area contributed by atoms with Gasteiger partial charge in [0.2, 0.25) is 0 Å². The van der Waals surface area contributed by atoms with Crippen LogP contribution in [-0.4, -0.2) is 63.5 Å². The summed E-state index contributed by atoms with van der Waals surface area (Å²) in [4.78, 5) is 12.5. The normalized spacial score (nSPS) is 20.8. The Kier molecular flexibility index (Phi) is 5.66. The molecular formula is C13H23N5O3. The van der Waals surface area contributed by atoms with E-state index >= 15 is 0 Å². The van der Waals surface area contributed by atoms with Gasteiger partial charge in [0.1, 0.15) is 12.4 Å². The van der Waals surface area contributed by atoms with E-state index in [1.165, 1.54) is 23.5 Å². The number of aliphatic hydroxyl groups is 1. The third-order valence-corrected chi connectivity index (χ3v) is 3.86. The van der Waals surface area contributed by atoms with E-state index in [1.807, 2.05) is 0 Å². The van der Waals surface area contributed by atoms with Crippen LogP contribution in [0.1, 0.15) is 13.3 Å². The van der Waals surface area contributed by atoms with Gasteiger partial charge in [0, 0.05) is 13.1 Å². The van der Waals surface area contributed by atoms with Gasteiger partial charge in [0.25, 0.3) is 0 Å². The fraction of sp³-hybridized carbons (Fsp3) is 0.769. The van der Waals surface area contributed by atoms with Crippen molar-refractivity contribution in [1.29, 1.82) is 0 Å². The molecule has 0 saturated carbocycles. The zero-order valence-corrected chi connectivity index (χ0v) is 12.3. The van der Waals surface area contributed by atoms with Crippen LogP contribution < -0.4 is 5.32 Å². The highest BCUT2D eigenvalue weighted by Gasteiger charge is 2.20. The summed E-state index contributed by atoms with van der Waals surface area (Å²) in [5, 5.41) is 27.6. The molecule has 2 heterocycles. The molecule has 1 aromatic rings. The molecule has 0 spiro atoms. The zero-order valence-electron chi connectivity index (χ0n) is 12.3. The second kappa shape index (κ2) is 7.48. The minimum absolute atomic E-state index is 0.0548. The highest BCUT2D eigenvalue weighted by molar-refractivity contribution is 5.20. The number of hydrogen-bond acceptors (Lipinski definition) is 6. The largest absolute Gasteiger partial charge is 0.390 e. The fourth-order valence-electron chi connectivity index (χ4n) is 2.65. The summed E-state index contributed by atoms with van der Waals surface area (Å²) in [5.74, 6) is 0.642. The van der Waals surface area contributed by atoms with E-state index in [4.69, 9.17) is 0 Å². The van der Waals surface area contributed by atoms with Crippen LogP contribution in [-0.2, 0) is 6.54 Å². The van der Waals surface area contributed by atoms with Gasteiger partial charge in [-0.1, -0.05) is 6.92 Å². The van der Waals surface area contributed by atoms with Gasteiger partial charge in [-0.25, -0.2) is 0 Å². The average molecular weight is 297 g/mol. The van der Waals surface area contributed by atoms with E-state index < -0.39 is 11.0 Å². The molecule has 2 atom stereocenters. The van der Waals surface area contributed by atoms with Gasteiger partial charge in [-0.15, -0.1) is 0 Å². The highest BCUT2D eigenvalue weighted by atomic mass is 16.6. The van der Waals surface area contributed by atoms with Crippen LogP contribution >= 0.6 is 0 Å². The van der Waals surface area contributed by atoms with Crippen molar-refractivity contribution in [3.63, 3.8) is 0 Å². The van der Waals surface area contributed by atoms with E-state index in [2.05, 4.69) is 22.2 Å². The lowest BCUT2D eigenvalue weighted by atomic mass is 10.1. The molecule has 0 aromatic carbocycles. The average Bonchev–Trinajstić information content (AvgIpc) is 3.07. The van der Waals surface area contributed by atoms with Crippen LogP contribution in [0.2, 0.25) is 0 Å². The van der Waals surface area contributed by atoms with Crippen LogP contribution in [0.15, 0.2) is 12.4 Å². The van der Waals surface area contributed by atoms with E-state index in [1.54, 1.807) is 0 Å². The van der Waals surface area contributed by atoms with Crippen molar-refractivity contribution >= 4 is 5.69 Å². The van der Waals surface area contributed by atoms with Gasteiger partial charge in [-0.2, -0.15) is 5.10 Å². The minimum atomic E-state index is -0.604. The summed E-state index contributed by atoms with van der Waals surface area (Å²) in [6.45, 7) is 7.16. The summed E-state index contributed by atoms with van der Waals surface area (Å²) < 4.78 is 1.40. The number of nitrogens with one attached hydrogen (secondary N) is 1. The Balaban J connectivity index is 1.65. The minimum Gasteiger partial charge on any atom is -0.390 e. The zero-order chi connectivity index (χ0) is 15.2. The first-order chi connectivity index (χ1) is 10.1. The smallest absolute Gasteiger partial charge is 0.306 e. The van der Waals surface area contributed by atoms with Crippen molar-refractivity contribution < 1.29 is 10.0 Å². The molecule has 8 heteroatoms. The quantitative estimate of drug-likeness (QED) is 0.521. The molecule has 0 bridgehead atoms. The molecule has 1 saturated heterocycles. The molecule has 1 fully saturated rings. The Bertz CT molecular complexity index is 464. The lowest BCUT2D eigenvalue weighted by molar-refractivity contribution is -0.385. The van der Waals surface area contributed by atoms with Crippen molar-refractivity contribution in [2.45, 2.75) is 26.0 Å². The van der Waals surface area contributed by atoms with Gasteiger partial charge < -0.3 is 15.3 Å². The van der Waals surface area contributed by atoms with Crippen molar-refractivity contribution in [1.82, 2.24) is 20.0 Å². The molecule has 2 unspecified atom stereocenters. The van der Waals surface area contributed by atoms with Crippen molar-refractivity contribution in [3.05, 3.63) is 22.5 Å². The van der Waals surface area contributed by atoms with E-state index in [-0.39, 0.29) is 12.2 Å². The Morgan fingerprint density at radius 2 is 2.48 bits per heavy atom. The monoisotopic (exact) mass is 297 g/mol. The van der Waals surface area contributed by atoms with Gasteiger partial charge >= 0.3 is 5.69 Å². The number of aliphatic hydroxyl groups excluding tert-OH is 1. The number of nitro groups is 1. The number of rotatable bonds is 8. The lowest BCUT2D eigenvalue weighted by Crippen LogP contribution is -2.34. The molecule has 1 aliphatic rings. The van der Waals surface area contributed by atoms with Crippen LogP contribution in [0.4, 0.5) is 5.69 Å². The number of aromatic nitrogens is 2. The highest BCUT2D eigenvalue weighted by Crippen LogP contribution is 2.14. The first kappa shape index (κ1) is 15.9. The predicted octanol–water partition coefficient (Wildman–Crippen LogP) is 0.0836. The maximum atomic E-state index is 10.5. The van der Waals surface area contributed by atoms with Crippen molar-refractivity contribution in [3.8, 4) is 0 Å². The van der Waals surface area contributed by atoms with Gasteiger partial charge in [0.05, 0.1) is 17.6 Å². The maximum Gasteiger partial charge on any atom is 0.306 e. The SMILES string of the molecule is CCN1CCC(CNCC(O)Cn2cc([N+](=O)[O-])cn2)C1. The van der Waals surface area contributed by atoms with Gasteiger partial charge in [0.15, 0.2) is 0 Å². The molecule has 118 valence electrons. The molecule has 0 radical (unpaired) electrons. The Morgan fingerprint density at radius 1 is 1.67 bits per heavy atom. The Morgan fingerprint density at radius 3 is 3.10 bits per heavy atom. The number of hydrogen-bond donors (Lipinski definition) is 2. The summed E-state index contributed by atoms with van der Waals surface area (Å²) >= 11 is 0. The molecule has 0 amide bonds. The second-order valence-corrected chi connectivity index (χ2v) is 5.54. The molecule has 8 nitrogen and oxygen atoms in total. The predicted molar refractivity (Wildman–Crippen MR) is 78.0 cm³/mol. The van der Waals surface area contributed by atoms with Gasteiger partial charge in [-0.3, -0.25) is 14.8 Å². The van der Waals surface area contributed by atoms with E-state index in [0.717, 1.165) is 26.2 Å². The molecular weight excluding hydrogens is 274 g/mol. The second-order valence-electron chi connectivity index (χ2n) is 5.54. The number of likely N-dealkylation sites (tertiary alicyclic amines) is 1. The van der Waals surface area contributed by atoms with Crippen LogP contribution in [0.5, 0.6) is 0 Å². The Hall–Kier alpha value is -1.51. The first-order valence-corrected chi connectivity index (χ1v) is 7.36. The number of nitrogens with zero attached hydrogens (tertiary/aromatic N) is 4. The molecule has 2 rings (SSSR count). The Labute approximate surface area is 123 Å². The van der Waals surface area contributed by atoms with Crippen LogP contribution in [0.3, 0.4) is 0 Å². The third-order valence-electron chi connectivity index (χ3n) is 3.86. The topological polar surface area (TPSA) is 96.5 Å². The summed E-state index contributed by atoms with van der Waals surface area (Å²) in [6, 6.07) is 0. The lowest BCUT2D eigenvalue weighted by Gasteiger charge is -2.15. The van der Waals surface area contributed by atoms with Crippen LogP contribution in [0.25, 0.3) is 0 Å². The first-order valence-electron chi connectivity index (χ1n) is 7.36. The van der Waals surface area contributed by atoms with Crippen molar-refractivity contribution in [2.75, 3.05) is 32.7 Å².